The minimum atomic E-state index is -0.174. The lowest BCUT2D eigenvalue weighted by atomic mass is 9.98. The molecule has 0 aliphatic carbocycles. The standard InChI is InChI=1S/C16H22FNOS/c1-16(2,19-4)8-7-13(18-3)15-9-11-5-6-12(17)10-14(11)20-15/h5-6,9-10,13,18H,7-8H2,1-4H3. The van der Waals surface area contributed by atoms with Crippen LogP contribution in [0.4, 0.5) is 4.39 Å². The zero-order valence-corrected chi connectivity index (χ0v) is 13.3. The zero-order valence-electron chi connectivity index (χ0n) is 12.5. The van der Waals surface area contributed by atoms with Crippen molar-refractivity contribution in [3.63, 3.8) is 0 Å². The summed E-state index contributed by atoms with van der Waals surface area (Å²) in [5.41, 5.74) is -0.113. The molecule has 2 nitrogen and oxygen atoms in total. The second kappa shape index (κ2) is 6.20. The Balaban J connectivity index is 2.17. The van der Waals surface area contributed by atoms with E-state index in [0.29, 0.717) is 0 Å². The van der Waals surface area contributed by atoms with Crippen LogP contribution in [0.5, 0.6) is 0 Å². The molecule has 0 aliphatic rings. The van der Waals surface area contributed by atoms with E-state index in [9.17, 15) is 4.39 Å². The number of thiophene rings is 1. The number of ether oxygens (including phenoxy) is 1. The molecule has 0 saturated carbocycles. The molecule has 4 heteroatoms. The van der Waals surface area contributed by atoms with Gasteiger partial charge in [-0.05, 0) is 57.3 Å². The molecular weight excluding hydrogens is 273 g/mol. The Morgan fingerprint density at radius 1 is 1.35 bits per heavy atom. The lowest BCUT2D eigenvalue weighted by Gasteiger charge is -2.25. The zero-order chi connectivity index (χ0) is 14.8. The Hall–Kier alpha value is -0.970. The summed E-state index contributed by atoms with van der Waals surface area (Å²) in [6.07, 6.45) is 1.96. The molecule has 1 aromatic heterocycles. The maximum atomic E-state index is 13.3. The lowest BCUT2D eigenvalue weighted by Crippen LogP contribution is -2.25. The van der Waals surface area contributed by atoms with Gasteiger partial charge in [0.25, 0.3) is 0 Å². The molecule has 0 fully saturated rings. The van der Waals surface area contributed by atoms with Gasteiger partial charge in [-0.1, -0.05) is 6.07 Å². The van der Waals surface area contributed by atoms with Crippen LogP contribution in [-0.2, 0) is 4.74 Å². The highest BCUT2D eigenvalue weighted by atomic mass is 32.1. The Kier molecular flexibility index (Phi) is 4.78. The second-order valence-electron chi connectivity index (χ2n) is 5.67. The first-order valence-electron chi connectivity index (χ1n) is 6.86. The van der Waals surface area contributed by atoms with Crippen molar-refractivity contribution in [2.24, 2.45) is 0 Å². The second-order valence-corrected chi connectivity index (χ2v) is 6.79. The van der Waals surface area contributed by atoms with E-state index in [1.54, 1.807) is 24.5 Å². The van der Waals surface area contributed by atoms with Crippen LogP contribution in [0.15, 0.2) is 24.3 Å². The van der Waals surface area contributed by atoms with Gasteiger partial charge >= 0.3 is 0 Å². The fourth-order valence-electron chi connectivity index (χ4n) is 2.22. The number of hydrogen-bond donors (Lipinski definition) is 1. The van der Waals surface area contributed by atoms with Crippen LogP contribution in [0.25, 0.3) is 10.1 Å². The van der Waals surface area contributed by atoms with Gasteiger partial charge in [0.05, 0.1) is 5.60 Å². The normalized spacial score (nSPS) is 13.8. The number of halogens is 1. The monoisotopic (exact) mass is 295 g/mol. The van der Waals surface area contributed by atoms with Gasteiger partial charge in [0.15, 0.2) is 0 Å². The summed E-state index contributed by atoms with van der Waals surface area (Å²) in [6, 6.07) is 7.40. The molecule has 2 rings (SSSR count). The quantitative estimate of drug-likeness (QED) is 0.847. The average molecular weight is 295 g/mol. The topological polar surface area (TPSA) is 21.3 Å². The summed E-state index contributed by atoms with van der Waals surface area (Å²) in [5.74, 6) is -0.174. The highest BCUT2D eigenvalue weighted by Gasteiger charge is 2.20. The summed E-state index contributed by atoms with van der Waals surface area (Å²) in [7, 11) is 3.71. The molecule has 1 N–H and O–H groups in total. The predicted molar refractivity (Wildman–Crippen MR) is 83.9 cm³/mol. The molecule has 0 saturated heterocycles. The molecule has 2 aromatic rings. The maximum Gasteiger partial charge on any atom is 0.124 e. The smallest absolute Gasteiger partial charge is 0.124 e. The molecule has 1 aromatic carbocycles. The van der Waals surface area contributed by atoms with E-state index < -0.39 is 0 Å². The summed E-state index contributed by atoms with van der Waals surface area (Å²) < 4.78 is 19.7. The van der Waals surface area contributed by atoms with Gasteiger partial charge in [-0.25, -0.2) is 4.39 Å². The van der Waals surface area contributed by atoms with Crippen LogP contribution < -0.4 is 5.32 Å². The molecule has 0 bridgehead atoms. The first-order chi connectivity index (χ1) is 9.45. The van der Waals surface area contributed by atoms with E-state index in [-0.39, 0.29) is 17.5 Å². The highest BCUT2D eigenvalue weighted by Crippen LogP contribution is 2.33. The van der Waals surface area contributed by atoms with Gasteiger partial charge in [-0.3, -0.25) is 0 Å². The molecule has 1 unspecified atom stereocenters. The molecule has 110 valence electrons. The van der Waals surface area contributed by atoms with Crippen LogP contribution >= 0.6 is 11.3 Å². The van der Waals surface area contributed by atoms with Crippen LogP contribution in [0.2, 0.25) is 0 Å². The van der Waals surface area contributed by atoms with E-state index in [4.69, 9.17) is 4.74 Å². The van der Waals surface area contributed by atoms with Crippen molar-refractivity contribution in [2.75, 3.05) is 14.2 Å². The van der Waals surface area contributed by atoms with Gasteiger partial charge in [0.2, 0.25) is 0 Å². The average Bonchev–Trinajstić information content (AvgIpc) is 2.82. The van der Waals surface area contributed by atoms with Crippen molar-refractivity contribution in [1.82, 2.24) is 5.32 Å². The van der Waals surface area contributed by atoms with Gasteiger partial charge < -0.3 is 10.1 Å². The molecule has 0 radical (unpaired) electrons. The summed E-state index contributed by atoms with van der Waals surface area (Å²) >= 11 is 1.66. The van der Waals surface area contributed by atoms with Gasteiger partial charge in [-0.15, -0.1) is 11.3 Å². The fourth-order valence-corrected chi connectivity index (χ4v) is 3.45. The van der Waals surface area contributed by atoms with E-state index in [2.05, 4.69) is 25.2 Å². The van der Waals surface area contributed by atoms with Crippen molar-refractivity contribution >= 4 is 21.4 Å². The Morgan fingerprint density at radius 2 is 2.10 bits per heavy atom. The number of benzene rings is 1. The van der Waals surface area contributed by atoms with Crippen molar-refractivity contribution in [3.8, 4) is 0 Å². The number of methoxy groups -OCH3 is 1. The predicted octanol–water partition coefficient (Wildman–Crippen LogP) is 4.51. The minimum Gasteiger partial charge on any atom is -0.379 e. The van der Waals surface area contributed by atoms with Gasteiger partial charge in [-0.2, -0.15) is 0 Å². The fraction of sp³-hybridized carbons (Fsp3) is 0.500. The van der Waals surface area contributed by atoms with Crippen molar-refractivity contribution in [2.45, 2.75) is 38.3 Å². The van der Waals surface area contributed by atoms with E-state index in [0.717, 1.165) is 22.9 Å². The Morgan fingerprint density at radius 3 is 2.75 bits per heavy atom. The summed E-state index contributed by atoms with van der Waals surface area (Å²) in [6.45, 7) is 4.19. The molecule has 1 heterocycles. The lowest BCUT2D eigenvalue weighted by molar-refractivity contribution is 0.0119. The minimum absolute atomic E-state index is 0.113. The third-order valence-corrected chi connectivity index (χ3v) is 4.99. The number of nitrogens with one attached hydrogen (secondary N) is 1. The maximum absolute atomic E-state index is 13.3. The largest absolute Gasteiger partial charge is 0.379 e. The molecule has 0 spiro atoms. The summed E-state index contributed by atoms with van der Waals surface area (Å²) in [5, 5.41) is 4.46. The van der Waals surface area contributed by atoms with Crippen LogP contribution in [0.1, 0.15) is 37.6 Å². The van der Waals surface area contributed by atoms with E-state index in [1.165, 1.54) is 10.9 Å². The molecule has 0 amide bonds. The van der Waals surface area contributed by atoms with Gasteiger partial charge in [0, 0.05) is 22.7 Å². The first-order valence-corrected chi connectivity index (χ1v) is 7.68. The van der Waals surface area contributed by atoms with E-state index >= 15 is 0 Å². The molecular formula is C16H22FNOS. The number of rotatable bonds is 6. The van der Waals surface area contributed by atoms with E-state index in [1.807, 2.05) is 13.1 Å². The molecule has 0 aliphatic heterocycles. The van der Waals surface area contributed by atoms with Gasteiger partial charge in [0.1, 0.15) is 5.82 Å². The van der Waals surface area contributed by atoms with Crippen LogP contribution in [-0.4, -0.2) is 19.8 Å². The van der Waals surface area contributed by atoms with Crippen LogP contribution in [0.3, 0.4) is 0 Å². The Bertz CT molecular complexity index is 579. The highest BCUT2D eigenvalue weighted by molar-refractivity contribution is 7.19. The Labute approximate surface area is 124 Å². The third kappa shape index (κ3) is 3.57. The SMILES string of the molecule is CNC(CCC(C)(C)OC)c1cc2ccc(F)cc2s1. The number of hydrogen-bond acceptors (Lipinski definition) is 3. The molecule has 1 atom stereocenters. The third-order valence-electron chi connectivity index (χ3n) is 3.78. The number of fused-ring (bicyclic) bond motifs is 1. The van der Waals surface area contributed by atoms with Crippen molar-refractivity contribution < 1.29 is 9.13 Å². The first kappa shape index (κ1) is 15.4. The summed E-state index contributed by atoms with van der Waals surface area (Å²) in [4.78, 5) is 1.25. The van der Waals surface area contributed by atoms with Crippen molar-refractivity contribution in [3.05, 3.63) is 35.0 Å². The van der Waals surface area contributed by atoms with Crippen LogP contribution in [0, 0.1) is 5.82 Å². The van der Waals surface area contributed by atoms with Crippen molar-refractivity contribution in [1.29, 1.82) is 0 Å². The molecule has 20 heavy (non-hydrogen) atoms.